The van der Waals surface area contributed by atoms with Crippen molar-refractivity contribution in [2.24, 2.45) is 10.9 Å². The van der Waals surface area contributed by atoms with Gasteiger partial charge in [-0.25, -0.2) is 13.6 Å². The average molecular weight is 461 g/mol. The second-order valence-electron chi connectivity index (χ2n) is 7.67. The number of guanidine groups is 1. The molecule has 1 atom stereocenters. The van der Waals surface area contributed by atoms with Gasteiger partial charge in [0.1, 0.15) is 11.6 Å². The summed E-state index contributed by atoms with van der Waals surface area (Å²) in [5, 5.41) is 15.4. The smallest absolute Gasteiger partial charge is 0.321 e. The molecule has 2 amide bonds. The van der Waals surface area contributed by atoms with Crippen LogP contribution in [0.1, 0.15) is 13.8 Å². The molecule has 10 heteroatoms. The highest BCUT2D eigenvalue weighted by Crippen LogP contribution is 2.22. The Morgan fingerprint density at radius 3 is 2.53 bits per heavy atom. The van der Waals surface area contributed by atoms with Crippen molar-refractivity contribution in [3.63, 3.8) is 0 Å². The van der Waals surface area contributed by atoms with Crippen molar-refractivity contribution >= 4 is 35.0 Å². The molecule has 0 aliphatic carbocycles. The molecule has 0 bridgehead atoms. The first-order valence-corrected chi connectivity index (χ1v) is 10.4. The standard InChI is InChI=1S/C22H23ClF2N6O/c1-14(2)20-12-30(22(32)28-17-6-3-15(23)4-7-17)9-10-31(20)21(27-13-26)29-19-8-5-16(24)11-18(19)25/h3-8,11,14,20H,9-10,12H2,1-2H3,(H,27,29)(H,28,32). The number of nitriles is 1. The van der Waals surface area contributed by atoms with Gasteiger partial charge in [0.2, 0.25) is 12.2 Å². The van der Waals surface area contributed by atoms with Gasteiger partial charge in [0, 0.05) is 36.4 Å². The summed E-state index contributed by atoms with van der Waals surface area (Å²) in [6.45, 7) is 5.07. The molecule has 0 spiro atoms. The van der Waals surface area contributed by atoms with Crippen LogP contribution in [0, 0.1) is 29.0 Å². The van der Waals surface area contributed by atoms with Crippen LogP contribution < -0.4 is 10.6 Å². The summed E-state index contributed by atoms with van der Waals surface area (Å²) < 4.78 is 27.4. The van der Waals surface area contributed by atoms with Gasteiger partial charge < -0.3 is 20.4 Å². The van der Waals surface area contributed by atoms with Crippen LogP contribution in [0.2, 0.25) is 5.02 Å². The van der Waals surface area contributed by atoms with E-state index in [-0.39, 0.29) is 29.6 Å². The summed E-state index contributed by atoms with van der Waals surface area (Å²) in [6, 6.07) is 9.49. The third kappa shape index (κ3) is 5.65. The maximum absolute atomic E-state index is 14.1. The van der Waals surface area contributed by atoms with E-state index in [1.54, 1.807) is 35.4 Å². The molecule has 2 aromatic carbocycles. The molecular formula is C22H23ClF2N6O. The Morgan fingerprint density at radius 2 is 1.91 bits per heavy atom. The number of urea groups is 1. The molecule has 32 heavy (non-hydrogen) atoms. The molecule has 2 aromatic rings. The zero-order valence-corrected chi connectivity index (χ0v) is 18.4. The number of benzene rings is 2. The van der Waals surface area contributed by atoms with Crippen LogP contribution in [-0.4, -0.2) is 47.5 Å². The fourth-order valence-electron chi connectivity index (χ4n) is 3.49. The fraction of sp³-hybridized carbons (Fsp3) is 0.318. The highest BCUT2D eigenvalue weighted by atomic mass is 35.5. The van der Waals surface area contributed by atoms with Crippen LogP contribution in [-0.2, 0) is 0 Å². The van der Waals surface area contributed by atoms with E-state index in [9.17, 15) is 13.6 Å². The molecule has 3 rings (SSSR count). The lowest BCUT2D eigenvalue weighted by Crippen LogP contribution is -2.60. The molecule has 0 radical (unpaired) electrons. The molecule has 1 aliphatic rings. The lowest BCUT2D eigenvalue weighted by atomic mass is 10.00. The summed E-state index contributed by atoms with van der Waals surface area (Å²) in [5.74, 6) is -1.26. The van der Waals surface area contributed by atoms with Gasteiger partial charge in [0.15, 0.2) is 0 Å². The van der Waals surface area contributed by atoms with Crippen LogP contribution in [0.25, 0.3) is 0 Å². The third-order valence-corrected chi connectivity index (χ3v) is 5.43. The second kappa shape index (κ2) is 10.3. The molecule has 168 valence electrons. The van der Waals surface area contributed by atoms with E-state index in [2.05, 4.69) is 15.6 Å². The SMILES string of the molecule is CC(C)C1CN(C(=O)Nc2ccc(Cl)cc2)CCN1/C(=N/C#N)Nc1ccc(F)cc1F. The topological polar surface area (TPSA) is 83.8 Å². The first-order chi connectivity index (χ1) is 15.3. The highest BCUT2D eigenvalue weighted by Gasteiger charge is 2.34. The van der Waals surface area contributed by atoms with Gasteiger partial charge in [-0.15, -0.1) is 4.99 Å². The molecule has 1 unspecified atom stereocenters. The Morgan fingerprint density at radius 1 is 1.19 bits per heavy atom. The van der Waals surface area contributed by atoms with Crippen LogP contribution >= 0.6 is 11.6 Å². The number of piperazine rings is 1. The van der Waals surface area contributed by atoms with E-state index in [4.69, 9.17) is 16.9 Å². The van der Waals surface area contributed by atoms with Crippen molar-refractivity contribution in [3.8, 4) is 6.19 Å². The largest absolute Gasteiger partial charge is 0.335 e. The zero-order chi connectivity index (χ0) is 23.3. The maximum atomic E-state index is 14.1. The Labute approximate surface area is 190 Å². The van der Waals surface area contributed by atoms with Gasteiger partial charge in [-0.1, -0.05) is 25.4 Å². The van der Waals surface area contributed by atoms with Gasteiger partial charge in [0.05, 0.1) is 11.7 Å². The van der Waals surface area contributed by atoms with E-state index in [1.807, 2.05) is 18.7 Å². The number of rotatable bonds is 3. The molecule has 1 fully saturated rings. The minimum absolute atomic E-state index is 0.00539. The van der Waals surface area contributed by atoms with Gasteiger partial charge in [-0.2, -0.15) is 5.26 Å². The minimum atomic E-state index is -0.794. The Bertz CT molecular complexity index is 1040. The first kappa shape index (κ1) is 23.3. The number of nitrogens with zero attached hydrogens (tertiary/aromatic N) is 4. The average Bonchev–Trinajstić information content (AvgIpc) is 2.76. The number of carbonyl (C=O) groups excluding carboxylic acids is 1. The van der Waals surface area contributed by atoms with Gasteiger partial charge in [-0.05, 0) is 42.3 Å². The predicted octanol–water partition coefficient (Wildman–Crippen LogP) is 4.74. The molecule has 1 heterocycles. The van der Waals surface area contributed by atoms with Crippen molar-refractivity contribution < 1.29 is 13.6 Å². The van der Waals surface area contributed by atoms with E-state index in [0.717, 1.165) is 12.1 Å². The number of aliphatic imine (C=N–C) groups is 1. The number of hydrogen-bond donors (Lipinski definition) is 2. The number of anilines is 2. The van der Waals surface area contributed by atoms with Crippen molar-refractivity contribution in [3.05, 3.63) is 59.1 Å². The Hall–Kier alpha value is -3.38. The van der Waals surface area contributed by atoms with Gasteiger partial charge in [-0.3, -0.25) is 0 Å². The van der Waals surface area contributed by atoms with Crippen LogP contribution in [0.5, 0.6) is 0 Å². The van der Waals surface area contributed by atoms with E-state index in [1.165, 1.54) is 6.07 Å². The summed E-state index contributed by atoms with van der Waals surface area (Å²) in [6.07, 6.45) is 1.73. The molecule has 0 aromatic heterocycles. The Kier molecular flexibility index (Phi) is 7.49. The van der Waals surface area contributed by atoms with E-state index < -0.39 is 11.6 Å². The lowest BCUT2D eigenvalue weighted by molar-refractivity contribution is 0.120. The normalized spacial score (nSPS) is 16.7. The zero-order valence-electron chi connectivity index (χ0n) is 17.6. The summed E-state index contributed by atoms with van der Waals surface area (Å²) >= 11 is 5.89. The first-order valence-electron chi connectivity index (χ1n) is 10.1. The number of halogens is 3. The van der Waals surface area contributed by atoms with Crippen molar-refractivity contribution in [1.82, 2.24) is 9.80 Å². The monoisotopic (exact) mass is 460 g/mol. The molecule has 2 N–H and O–H groups in total. The van der Waals surface area contributed by atoms with Crippen LogP contribution in [0.3, 0.4) is 0 Å². The molecule has 1 aliphatic heterocycles. The number of hydrogen-bond acceptors (Lipinski definition) is 3. The maximum Gasteiger partial charge on any atom is 0.321 e. The lowest BCUT2D eigenvalue weighted by Gasteiger charge is -2.44. The molecule has 7 nitrogen and oxygen atoms in total. The number of carbonyl (C=O) groups is 1. The fourth-order valence-corrected chi connectivity index (χ4v) is 3.61. The quantitative estimate of drug-likeness (QED) is 0.393. The number of amides is 2. The van der Waals surface area contributed by atoms with Crippen molar-refractivity contribution in [2.45, 2.75) is 19.9 Å². The summed E-state index contributed by atoms with van der Waals surface area (Å²) in [7, 11) is 0. The van der Waals surface area contributed by atoms with Crippen molar-refractivity contribution in [1.29, 1.82) is 5.26 Å². The van der Waals surface area contributed by atoms with Crippen LogP contribution in [0.4, 0.5) is 25.0 Å². The third-order valence-electron chi connectivity index (χ3n) is 5.18. The molecule has 0 saturated carbocycles. The van der Waals surface area contributed by atoms with Gasteiger partial charge in [0.25, 0.3) is 0 Å². The minimum Gasteiger partial charge on any atom is -0.335 e. The van der Waals surface area contributed by atoms with Gasteiger partial charge >= 0.3 is 6.03 Å². The van der Waals surface area contributed by atoms with E-state index >= 15 is 0 Å². The summed E-state index contributed by atoms with van der Waals surface area (Å²) in [5.41, 5.74) is 0.633. The van der Waals surface area contributed by atoms with Crippen LogP contribution in [0.15, 0.2) is 47.5 Å². The number of nitrogens with one attached hydrogen (secondary N) is 2. The predicted molar refractivity (Wildman–Crippen MR) is 120 cm³/mol. The molecular weight excluding hydrogens is 438 g/mol. The second-order valence-corrected chi connectivity index (χ2v) is 8.11. The summed E-state index contributed by atoms with van der Waals surface area (Å²) in [4.78, 5) is 20.1. The van der Waals surface area contributed by atoms with Crippen molar-refractivity contribution in [2.75, 3.05) is 30.3 Å². The Balaban J connectivity index is 1.75. The van der Waals surface area contributed by atoms with E-state index in [0.29, 0.717) is 30.3 Å². The molecule has 1 saturated heterocycles. The highest BCUT2D eigenvalue weighted by molar-refractivity contribution is 6.30.